The molecule has 3 aromatic heterocycles. The first-order valence-corrected chi connectivity index (χ1v) is 10.3. The van der Waals surface area contributed by atoms with E-state index >= 15 is 0 Å². The zero-order chi connectivity index (χ0) is 20.1. The summed E-state index contributed by atoms with van der Waals surface area (Å²) in [5, 5.41) is 4.19. The summed E-state index contributed by atoms with van der Waals surface area (Å²) in [4.78, 5) is 4.85. The highest BCUT2D eigenvalue weighted by Crippen LogP contribution is 2.25. The number of imidazole rings is 1. The van der Waals surface area contributed by atoms with E-state index in [1.54, 1.807) is 37.7 Å². The van der Waals surface area contributed by atoms with Crippen molar-refractivity contribution < 1.29 is 8.42 Å². The largest absolute Gasteiger partial charge is 0.306 e. The monoisotopic (exact) mass is 395 g/mol. The SMILES string of the molecule is Cc1ccn2cc(-c3ccc(NS(=O)(=O)c4c(C)nn(C)c4C)cc3)nc2c1. The number of pyridine rings is 1. The molecule has 0 amide bonds. The Morgan fingerprint density at radius 2 is 1.75 bits per heavy atom. The van der Waals surface area contributed by atoms with Crippen molar-refractivity contribution in [2.75, 3.05) is 4.72 Å². The average Bonchev–Trinajstić information content (AvgIpc) is 3.15. The van der Waals surface area contributed by atoms with Crippen LogP contribution in [0.25, 0.3) is 16.9 Å². The topological polar surface area (TPSA) is 81.3 Å². The van der Waals surface area contributed by atoms with Crippen molar-refractivity contribution in [2.24, 2.45) is 7.05 Å². The summed E-state index contributed by atoms with van der Waals surface area (Å²) < 4.78 is 31.7. The summed E-state index contributed by atoms with van der Waals surface area (Å²) in [5.74, 6) is 0. The fraction of sp³-hybridized carbons (Fsp3) is 0.200. The van der Waals surface area contributed by atoms with Gasteiger partial charge in [0.25, 0.3) is 10.0 Å². The Labute approximate surface area is 163 Å². The molecule has 0 saturated heterocycles. The molecule has 28 heavy (non-hydrogen) atoms. The third kappa shape index (κ3) is 3.16. The molecular formula is C20H21N5O2S. The highest BCUT2D eigenvalue weighted by atomic mass is 32.2. The molecule has 3 heterocycles. The second-order valence-electron chi connectivity index (χ2n) is 6.90. The predicted octanol–water partition coefficient (Wildman–Crippen LogP) is 3.46. The first-order chi connectivity index (χ1) is 13.2. The minimum atomic E-state index is -3.71. The molecule has 0 spiro atoms. The van der Waals surface area contributed by atoms with Gasteiger partial charge in [-0.25, -0.2) is 13.4 Å². The average molecular weight is 395 g/mol. The van der Waals surface area contributed by atoms with Gasteiger partial charge in [-0.15, -0.1) is 0 Å². The number of hydrogen-bond donors (Lipinski definition) is 1. The first-order valence-electron chi connectivity index (χ1n) is 8.83. The van der Waals surface area contributed by atoms with Gasteiger partial charge in [-0.3, -0.25) is 9.40 Å². The lowest BCUT2D eigenvalue weighted by Crippen LogP contribution is -2.14. The Morgan fingerprint density at radius 1 is 1.04 bits per heavy atom. The van der Waals surface area contributed by atoms with E-state index in [4.69, 9.17) is 0 Å². The van der Waals surface area contributed by atoms with Gasteiger partial charge in [0.1, 0.15) is 10.5 Å². The van der Waals surface area contributed by atoms with Gasteiger partial charge in [0, 0.05) is 30.7 Å². The number of aromatic nitrogens is 4. The normalized spacial score (nSPS) is 11.9. The molecule has 0 saturated carbocycles. The number of aryl methyl sites for hydroxylation is 3. The molecule has 0 unspecified atom stereocenters. The third-order valence-corrected chi connectivity index (χ3v) is 6.39. The third-order valence-electron chi connectivity index (χ3n) is 4.76. The van der Waals surface area contributed by atoms with E-state index < -0.39 is 10.0 Å². The van der Waals surface area contributed by atoms with Crippen LogP contribution in [0.4, 0.5) is 5.69 Å². The van der Waals surface area contributed by atoms with Crippen molar-refractivity contribution in [2.45, 2.75) is 25.7 Å². The highest BCUT2D eigenvalue weighted by molar-refractivity contribution is 7.92. The van der Waals surface area contributed by atoms with Crippen molar-refractivity contribution in [3.05, 3.63) is 65.7 Å². The van der Waals surface area contributed by atoms with E-state index in [0.29, 0.717) is 17.1 Å². The minimum Gasteiger partial charge on any atom is -0.306 e. The lowest BCUT2D eigenvalue weighted by Gasteiger charge is -2.09. The number of benzene rings is 1. The van der Waals surface area contributed by atoms with Crippen molar-refractivity contribution in [3.63, 3.8) is 0 Å². The van der Waals surface area contributed by atoms with Crippen molar-refractivity contribution >= 4 is 21.4 Å². The number of fused-ring (bicyclic) bond motifs is 1. The van der Waals surface area contributed by atoms with Crippen LogP contribution in [0.1, 0.15) is 17.0 Å². The second kappa shape index (κ2) is 6.49. The Kier molecular flexibility index (Phi) is 4.23. The summed E-state index contributed by atoms with van der Waals surface area (Å²) in [6.45, 7) is 5.46. The predicted molar refractivity (Wildman–Crippen MR) is 109 cm³/mol. The number of nitrogens with zero attached hydrogens (tertiary/aromatic N) is 4. The summed E-state index contributed by atoms with van der Waals surface area (Å²) in [7, 11) is -1.98. The number of sulfonamides is 1. The maximum Gasteiger partial charge on any atom is 0.265 e. The molecule has 0 radical (unpaired) electrons. The fourth-order valence-electron chi connectivity index (χ4n) is 3.28. The first kappa shape index (κ1) is 18.2. The van der Waals surface area contributed by atoms with Crippen molar-refractivity contribution in [1.29, 1.82) is 0 Å². The summed E-state index contributed by atoms with van der Waals surface area (Å²) in [6.07, 6.45) is 3.93. The van der Waals surface area contributed by atoms with E-state index in [1.807, 2.05) is 48.0 Å². The fourth-order valence-corrected chi connectivity index (χ4v) is 4.78. The Bertz CT molecular complexity index is 1280. The minimum absolute atomic E-state index is 0.217. The van der Waals surface area contributed by atoms with E-state index in [0.717, 1.165) is 22.5 Å². The molecule has 144 valence electrons. The van der Waals surface area contributed by atoms with Crippen LogP contribution in [0.2, 0.25) is 0 Å². The van der Waals surface area contributed by atoms with Crippen LogP contribution in [0.3, 0.4) is 0 Å². The summed E-state index contributed by atoms with van der Waals surface area (Å²) in [6, 6.07) is 11.2. The van der Waals surface area contributed by atoms with Crippen LogP contribution in [-0.2, 0) is 17.1 Å². The number of nitrogens with one attached hydrogen (secondary N) is 1. The molecule has 7 nitrogen and oxygen atoms in total. The van der Waals surface area contributed by atoms with Crippen LogP contribution >= 0.6 is 0 Å². The van der Waals surface area contributed by atoms with Crippen LogP contribution in [0, 0.1) is 20.8 Å². The van der Waals surface area contributed by atoms with Gasteiger partial charge in [0.2, 0.25) is 0 Å². The highest BCUT2D eigenvalue weighted by Gasteiger charge is 2.23. The molecule has 0 aliphatic carbocycles. The molecule has 0 bridgehead atoms. The lowest BCUT2D eigenvalue weighted by atomic mass is 10.1. The van der Waals surface area contributed by atoms with Gasteiger partial charge < -0.3 is 4.40 Å². The molecule has 8 heteroatoms. The molecule has 0 atom stereocenters. The molecule has 4 rings (SSSR count). The zero-order valence-corrected chi connectivity index (χ0v) is 16.9. The van der Waals surface area contributed by atoms with Crippen molar-refractivity contribution in [3.8, 4) is 11.3 Å². The standard InChI is InChI=1S/C20H21N5O2S/c1-13-9-10-25-12-18(21-19(25)11-13)16-5-7-17(8-6-16)23-28(26,27)20-14(2)22-24(4)15(20)3/h5-12,23H,1-4H3. The molecule has 0 fully saturated rings. The van der Waals surface area contributed by atoms with Gasteiger partial charge in [0.05, 0.1) is 17.1 Å². The zero-order valence-electron chi connectivity index (χ0n) is 16.1. The van der Waals surface area contributed by atoms with Gasteiger partial charge in [-0.2, -0.15) is 5.10 Å². The van der Waals surface area contributed by atoms with E-state index in [1.165, 1.54) is 0 Å². The van der Waals surface area contributed by atoms with Crippen LogP contribution in [0.15, 0.2) is 53.7 Å². The Hall–Kier alpha value is -3.13. The van der Waals surface area contributed by atoms with Gasteiger partial charge in [-0.1, -0.05) is 12.1 Å². The Balaban J connectivity index is 1.62. The summed E-state index contributed by atoms with van der Waals surface area (Å²) in [5.41, 5.74) is 5.34. The maximum absolute atomic E-state index is 12.8. The Morgan fingerprint density at radius 3 is 2.39 bits per heavy atom. The van der Waals surface area contributed by atoms with Crippen molar-refractivity contribution in [1.82, 2.24) is 19.2 Å². The number of rotatable bonds is 4. The molecule has 1 aromatic carbocycles. The number of anilines is 1. The quantitative estimate of drug-likeness (QED) is 0.574. The smallest absolute Gasteiger partial charge is 0.265 e. The molecular weight excluding hydrogens is 374 g/mol. The van der Waals surface area contributed by atoms with Gasteiger partial charge >= 0.3 is 0 Å². The van der Waals surface area contributed by atoms with Gasteiger partial charge in [-0.05, 0) is 50.6 Å². The van der Waals surface area contributed by atoms with Crippen LogP contribution < -0.4 is 4.72 Å². The number of hydrogen-bond acceptors (Lipinski definition) is 4. The molecule has 1 N–H and O–H groups in total. The van der Waals surface area contributed by atoms with E-state index in [9.17, 15) is 8.42 Å². The summed E-state index contributed by atoms with van der Waals surface area (Å²) >= 11 is 0. The maximum atomic E-state index is 12.8. The van der Waals surface area contributed by atoms with Crippen LogP contribution in [0.5, 0.6) is 0 Å². The second-order valence-corrected chi connectivity index (χ2v) is 8.52. The lowest BCUT2D eigenvalue weighted by molar-refractivity contribution is 0.599. The van der Waals surface area contributed by atoms with Gasteiger partial charge in [0.15, 0.2) is 0 Å². The molecule has 0 aliphatic rings. The molecule has 0 aliphatic heterocycles. The molecule has 4 aromatic rings. The van der Waals surface area contributed by atoms with E-state index in [-0.39, 0.29) is 4.90 Å². The van der Waals surface area contributed by atoms with E-state index in [2.05, 4.69) is 14.8 Å². The van der Waals surface area contributed by atoms with Crippen LogP contribution in [-0.4, -0.2) is 27.6 Å².